The molecule has 1 atom stereocenters. The van der Waals surface area contributed by atoms with Crippen molar-refractivity contribution in [2.24, 2.45) is 0 Å². The van der Waals surface area contributed by atoms with E-state index in [1.807, 2.05) is 12.2 Å². The molecule has 1 aliphatic rings. The van der Waals surface area contributed by atoms with Crippen molar-refractivity contribution in [2.45, 2.75) is 62.9 Å². The van der Waals surface area contributed by atoms with E-state index in [2.05, 4.69) is 16.7 Å². The Morgan fingerprint density at radius 3 is 2.35 bits per heavy atom. The zero-order valence-electron chi connectivity index (χ0n) is 20.9. The molecule has 1 unspecified atom stereocenters. The Labute approximate surface area is 226 Å². The molecule has 0 spiro atoms. The monoisotopic (exact) mass is 540 g/mol. The maximum Gasteiger partial charge on any atom is 0.313 e. The summed E-state index contributed by atoms with van der Waals surface area (Å²) >= 11 is 12.8. The number of rotatable bonds is 11. The molecule has 0 saturated heterocycles. The van der Waals surface area contributed by atoms with Gasteiger partial charge in [0.2, 0.25) is 0 Å². The summed E-state index contributed by atoms with van der Waals surface area (Å²) in [6.07, 6.45) is 12.6. The van der Waals surface area contributed by atoms with E-state index >= 15 is 0 Å². The van der Waals surface area contributed by atoms with E-state index < -0.39 is 17.0 Å². The molecule has 37 heavy (non-hydrogen) atoms. The molecular formula is C29H30Cl2N2O4. The third-order valence-electron chi connectivity index (χ3n) is 6.99. The first kappa shape index (κ1) is 27.1. The first-order chi connectivity index (χ1) is 17.6. The summed E-state index contributed by atoms with van der Waals surface area (Å²) in [6.45, 7) is 7.15. The summed E-state index contributed by atoms with van der Waals surface area (Å²) in [6, 6.07) is 7.04. The molecule has 2 N–H and O–H groups in total. The van der Waals surface area contributed by atoms with Gasteiger partial charge < -0.3 is 14.7 Å². The highest BCUT2D eigenvalue weighted by Crippen LogP contribution is 2.46. The van der Waals surface area contributed by atoms with Gasteiger partial charge in [-0.15, -0.1) is 0 Å². The fraction of sp³-hybridized carbons (Fsp3) is 0.345. The van der Waals surface area contributed by atoms with Gasteiger partial charge in [-0.2, -0.15) is 0 Å². The molecule has 3 aromatic rings. The van der Waals surface area contributed by atoms with Crippen molar-refractivity contribution in [1.29, 1.82) is 0 Å². The Balaban J connectivity index is 1.47. The smallest absolute Gasteiger partial charge is 0.313 e. The van der Waals surface area contributed by atoms with Gasteiger partial charge in [-0.1, -0.05) is 77.4 Å². The van der Waals surface area contributed by atoms with Crippen molar-refractivity contribution >= 4 is 35.2 Å². The molecule has 1 fully saturated rings. The maximum atomic E-state index is 11.5. The minimum Gasteiger partial charge on any atom is -0.481 e. The van der Waals surface area contributed by atoms with Crippen LogP contribution >= 0.6 is 23.2 Å². The summed E-state index contributed by atoms with van der Waals surface area (Å²) in [5.74, 6) is 0.280. The lowest BCUT2D eigenvalue weighted by Crippen LogP contribution is -2.29. The van der Waals surface area contributed by atoms with E-state index in [9.17, 15) is 15.0 Å². The van der Waals surface area contributed by atoms with Gasteiger partial charge in [0, 0.05) is 29.4 Å². The van der Waals surface area contributed by atoms with E-state index in [0.717, 1.165) is 24.2 Å². The van der Waals surface area contributed by atoms with Crippen LogP contribution in [0.2, 0.25) is 10.0 Å². The number of carbonyl (C=O) groups is 1. The van der Waals surface area contributed by atoms with Crippen LogP contribution < -0.4 is 0 Å². The maximum absolute atomic E-state index is 11.5. The largest absolute Gasteiger partial charge is 0.481 e. The number of carboxylic acid groups (broad SMARTS) is 1. The number of aromatic nitrogens is 2. The van der Waals surface area contributed by atoms with Crippen LogP contribution in [0.15, 0.2) is 59.9 Å². The number of halogens is 2. The topological polar surface area (TPSA) is 96.5 Å². The van der Waals surface area contributed by atoms with Crippen LogP contribution in [0.5, 0.6) is 0 Å². The lowest BCUT2D eigenvalue weighted by molar-refractivity contribution is -0.142. The summed E-state index contributed by atoms with van der Waals surface area (Å²) in [5, 5.41) is 25.8. The second-order valence-corrected chi connectivity index (χ2v) is 10.8. The number of hydrogen-bond donors (Lipinski definition) is 2. The van der Waals surface area contributed by atoms with Crippen molar-refractivity contribution in [2.75, 3.05) is 0 Å². The van der Waals surface area contributed by atoms with Crippen LogP contribution in [-0.2, 0) is 15.8 Å². The van der Waals surface area contributed by atoms with Crippen molar-refractivity contribution in [3.05, 3.63) is 87.9 Å². The van der Waals surface area contributed by atoms with Crippen molar-refractivity contribution in [1.82, 2.24) is 10.1 Å². The number of pyridine rings is 1. The highest BCUT2D eigenvalue weighted by Gasteiger charge is 2.33. The third kappa shape index (κ3) is 5.66. The fourth-order valence-electron chi connectivity index (χ4n) is 4.28. The number of benzene rings is 1. The van der Waals surface area contributed by atoms with Crippen molar-refractivity contribution in [3.63, 3.8) is 0 Å². The third-order valence-corrected chi connectivity index (χ3v) is 7.56. The van der Waals surface area contributed by atoms with E-state index in [1.165, 1.54) is 18.5 Å². The van der Waals surface area contributed by atoms with Crippen LogP contribution in [0.3, 0.4) is 0 Å². The van der Waals surface area contributed by atoms with Crippen LogP contribution in [0, 0.1) is 0 Å². The zero-order valence-corrected chi connectivity index (χ0v) is 22.4. The van der Waals surface area contributed by atoms with Gasteiger partial charge in [0.05, 0.1) is 15.5 Å². The van der Waals surface area contributed by atoms with Crippen molar-refractivity contribution < 1.29 is 19.5 Å². The minimum atomic E-state index is -1.22. The fourth-order valence-corrected chi connectivity index (χ4v) is 4.83. The lowest BCUT2D eigenvalue weighted by atomic mass is 9.82. The Kier molecular flexibility index (Phi) is 7.93. The average Bonchev–Trinajstić information content (AvgIpc) is 3.64. The van der Waals surface area contributed by atoms with Gasteiger partial charge >= 0.3 is 5.97 Å². The molecule has 6 nitrogen and oxygen atoms in total. The van der Waals surface area contributed by atoms with Crippen molar-refractivity contribution in [3.8, 4) is 11.3 Å². The van der Waals surface area contributed by atoms with Gasteiger partial charge in [-0.25, -0.2) is 0 Å². The summed E-state index contributed by atoms with van der Waals surface area (Å²) in [5.41, 5.74) is 1.18. The number of nitrogens with zero attached hydrogens (tertiary/aromatic N) is 2. The van der Waals surface area contributed by atoms with Crippen LogP contribution in [-0.4, -0.2) is 26.3 Å². The summed E-state index contributed by atoms with van der Waals surface area (Å²) in [7, 11) is 0. The molecule has 0 radical (unpaired) electrons. The molecule has 1 saturated carbocycles. The molecule has 2 aromatic heterocycles. The standard InChI is InChI=1S/C29H30Cl2N2O4/c1-4-29(36,20-13-11-19(12-14-20)28(2,3)27(34)35)15-7-5-6-8-21-25(33-37-26(21)18-9-10-18)24-22(30)16-32-17-23(24)31/h4,6,8,11-14,16-18,36H,1,5,7,9-10,15H2,2-3H3,(H,34,35)/b8-6+. The second kappa shape index (κ2) is 10.8. The average molecular weight is 541 g/mol. The Bertz CT molecular complexity index is 1310. The molecule has 0 bridgehead atoms. The van der Waals surface area contributed by atoms with E-state index in [1.54, 1.807) is 38.1 Å². The predicted octanol–water partition coefficient (Wildman–Crippen LogP) is 7.54. The molecule has 1 aliphatic carbocycles. The SMILES string of the molecule is C=CC(O)(CCC/C=C/c1c(-c2c(Cl)cncc2Cl)noc1C1CC1)c1ccc(C(C)(C)C(=O)O)cc1. The number of unbranched alkanes of at least 4 members (excludes halogenated alkanes) is 1. The van der Waals surface area contributed by atoms with E-state index in [-0.39, 0.29) is 0 Å². The van der Waals surface area contributed by atoms with Crippen LogP contribution in [0.1, 0.15) is 74.3 Å². The van der Waals surface area contributed by atoms with Gasteiger partial charge in [0.1, 0.15) is 17.1 Å². The summed E-state index contributed by atoms with van der Waals surface area (Å²) in [4.78, 5) is 15.6. The van der Waals surface area contributed by atoms with E-state index in [0.29, 0.717) is 57.6 Å². The summed E-state index contributed by atoms with van der Waals surface area (Å²) < 4.78 is 5.69. The second-order valence-electron chi connectivity index (χ2n) is 9.99. The number of carboxylic acids is 1. The quantitative estimate of drug-likeness (QED) is 0.192. The van der Waals surface area contributed by atoms with Gasteiger partial charge in [0.25, 0.3) is 0 Å². The highest BCUT2D eigenvalue weighted by atomic mass is 35.5. The molecule has 0 amide bonds. The number of hydrogen-bond acceptors (Lipinski definition) is 5. The van der Waals surface area contributed by atoms with Crippen LogP contribution in [0.25, 0.3) is 17.3 Å². The lowest BCUT2D eigenvalue weighted by Gasteiger charge is -2.26. The van der Waals surface area contributed by atoms with E-state index in [4.69, 9.17) is 27.7 Å². The highest BCUT2D eigenvalue weighted by molar-refractivity contribution is 6.39. The molecule has 8 heteroatoms. The molecule has 1 aromatic carbocycles. The van der Waals surface area contributed by atoms with Crippen LogP contribution in [0.4, 0.5) is 0 Å². The Morgan fingerprint density at radius 2 is 1.78 bits per heavy atom. The van der Waals surface area contributed by atoms with Gasteiger partial charge in [-0.05, 0) is 57.1 Å². The number of aliphatic hydroxyl groups is 1. The normalized spacial score (nSPS) is 15.6. The number of allylic oxidation sites excluding steroid dienone is 1. The molecule has 2 heterocycles. The first-order valence-electron chi connectivity index (χ1n) is 12.2. The first-order valence-corrected chi connectivity index (χ1v) is 13.0. The van der Waals surface area contributed by atoms with Gasteiger partial charge in [-0.3, -0.25) is 9.78 Å². The minimum absolute atomic E-state index is 0.347. The molecular weight excluding hydrogens is 511 g/mol. The van der Waals surface area contributed by atoms with Gasteiger partial charge in [0.15, 0.2) is 0 Å². The predicted molar refractivity (Wildman–Crippen MR) is 146 cm³/mol. The number of aliphatic carboxylic acids is 1. The molecule has 194 valence electrons. The zero-order chi connectivity index (χ0) is 26.8. The molecule has 4 rings (SSSR count). The molecule has 0 aliphatic heterocycles. The Morgan fingerprint density at radius 1 is 1.16 bits per heavy atom. The Hall–Kier alpha value is -2.93.